The van der Waals surface area contributed by atoms with E-state index in [0.717, 1.165) is 24.2 Å². The van der Waals surface area contributed by atoms with Gasteiger partial charge < -0.3 is 10.1 Å². The van der Waals surface area contributed by atoms with Crippen LogP contribution in [0.4, 0.5) is 0 Å². The molecule has 1 amide bonds. The molecule has 1 aliphatic heterocycles. The normalized spacial score (nSPS) is 18.8. The highest BCUT2D eigenvalue weighted by Gasteiger charge is 2.38. The van der Waals surface area contributed by atoms with E-state index < -0.39 is 16.1 Å². The molecule has 2 aromatic rings. The largest absolute Gasteiger partial charge is 0.497 e. The molecule has 3 rings (SSSR count). The van der Waals surface area contributed by atoms with Crippen LogP contribution in [0.15, 0.2) is 59.5 Å². The molecule has 0 saturated carbocycles. The maximum absolute atomic E-state index is 13.1. The van der Waals surface area contributed by atoms with Crippen molar-refractivity contribution in [2.24, 2.45) is 0 Å². The van der Waals surface area contributed by atoms with Crippen LogP contribution in [-0.4, -0.2) is 38.3 Å². The molecule has 1 fully saturated rings. The van der Waals surface area contributed by atoms with Gasteiger partial charge in [-0.25, -0.2) is 8.42 Å². The van der Waals surface area contributed by atoms with Gasteiger partial charge in [-0.1, -0.05) is 43.7 Å². The smallest absolute Gasteiger partial charge is 0.243 e. The van der Waals surface area contributed by atoms with E-state index in [9.17, 15) is 13.2 Å². The summed E-state index contributed by atoms with van der Waals surface area (Å²) in [6.45, 7) is 2.35. The summed E-state index contributed by atoms with van der Waals surface area (Å²) in [6.07, 6.45) is 2.82. The number of piperidine rings is 1. The van der Waals surface area contributed by atoms with Crippen LogP contribution in [0.2, 0.25) is 0 Å². The first-order chi connectivity index (χ1) is 14.0. The monoisotopic (exact) mass is 416 g/mol. The van der Waals surface area contributed by atoms with Crippen molar-refractivity contribution in [2.45, 2.75) is 49.6 Å². The summed E-state index contributed by atoms with van der Waals surface area (Å²) in [6, 6.07) is 15.0. The maximum atomic E-state index is 13.1. The lowest BCUT2D eigenvalue weighted by atomic mass is 10.0. The van der Waals surface area contributed by atoms with Crippen LogP contribution < -0.4 is 10.1 Å². The summed E-state index contributed by atoms with van der Waals surface area (Å²) in [4.78, 5) is 13.3. The molecule has 1 N–H and O–H groups in total. The van der Waals surface area contributed by atoms with Crippen molar-refractivity contribution >= 4 is 15.9 Å². The van der Waals surface area contributed by atoms with Gasteiger partial charge in [0.2, 0.25) is 15.9 Å². The minimum atomic E-state index is -3.72. The molecule has 0 radical (unpaired) electrons. The van der Waals surface area contributed by atoms with Crippen LogP contribution >= 0.6 is 0 Å². The molecule has 0 bridgehead atoms. The van der Waals surface area contributed by atoms with E-state index in [1.54, 1.807) is 37.4 Å². The first kappa shape index (κ1) is 21.3. The number of hydrogen-bond donors (Lipinski definition) is 1. The Morgan fingerprint density at radius 3 is 2.45 bits per heavy atom. The minimum absolute atomic E-state index is 0.184. The maximum Gasteiger partial charge on any atom is 0.243 e. The number of methoxy groups -OCH3 is 1. The average Bonchev–Trinajstić information content (AvgIpc) is 2.78. The Balaban J connectivity index is 1.79. The number of hydrogen-bond acceptors (Lipinski definition) is 4. The Labute approximate surface area is 172 Å². The van der Waals surface area contributed by atoms with Gasteiger partial charge in [-0.3, -0.25) is 4.79 Å². The van der Waals surface area contributed by atoms with Gasteiger partial charge in [-0.15, -0.1) is 0 Å². The molecule has 2 atom stereocenters. The Bertz CT molecular complexity index is 914. The SMILES string of the molecule is CCC(NC(=O)C1CCCCN1S(=O)(=O)c1ccccc1)c1ccc(OC)cc1. The number of nitrogens with one attached hydrogen (secondary N) is 1. The van der Waals surface area contributed by atoms with Crippen LogP contribution in [-0.2, 0) is 14.8 Å². The topological polar surface area (TPSA) is 75.7 Å². The van der Waals surface area contributed by atoms with Crippen molar-refractivity contribution in [1.29, 1.82) is 0 Å². The second-order valence-corrected chi connectivity index (χ2v) is 9.07. The van der Waals surface area contributed by atoms with E-state index in [1.807, 2.05) is 31.2 Å². The van der Waals surface area contributed by atoms with Gasteiger partial charge in [0, 0.05) is 6.54 Å². The number of benzene rings is 2. The molecule has 29 heavy (non-hydrogen) atoms. The lowest BCUT2D eigenvalue weighted by molar-refractivity contribution is -0.126. The number of carbonyl (C=O) groups excluding carboxylic acids is 1. The molecular formula is C22H28N2O4S. The predicted octanol–water partition coefficient (Wildman–Crippen LogP) is 3.51. The fourth-order valence-electron chi connectivity index (χ4n) is 3.71. The zero-order valence-electron chi connectivity index (χ0n) is 16.9. The standard InChI is InChI=1S/C22H28N2O4S/c1-3-20(17-12-14-18(28-2)15-13-17)23-22(25)21-11-7-8-16-24(21)29(26,27)19-9-5-4-6-10-19/h4-6,9-10,12-15,20-21H,3,7-8,11,16H2,1-2H3,(H,23,25). The van der Waals surface area contributed by atoms with Crippen molar-refractivity contribution in [3.63, 3.8) is 0 Å². The van der Waals surface area contributed by atoms with E-state index in [4.69, 9.17) is 4.74 Å². The van der Waals surface area contributed by atoms with E-state index in [0.29, 0.717) is 19.4 Å². The molecule has 1 aliphatic rings. The first-order valence-corrected chi connectivity index (χ1v) is 11.4. The number of carbonyl (C=O) groups is 1. The molecule has 2 aromatic carbocycles. The number of nitrogens with zero attached hydrogens (tertiary/aromatic N) is 1. The van der Waals surface area contributed by atoms with E-state index >= 15 is 0 Å². The van der Waals surface area contributed by atoms with Gasteiger partial charge in [-0.2, -0.15) is 4.31 Å². The molecule has 156 valence electrons. The molecule has 0 spiro atoms. The van der Waals surface area contributed by atoms with Gasteiger partial charge >= 0.3 is 0 Å². The molecule has 0 aromatic heterocycles. The second kappa shape index (κ2) is 9.41. The fourth-order valence-corrected chi connectivity index (χ4v) is 5.39. The lowest BCUT2D eigenvalue weighted by Crippen LogP contribution is -2.52. The van der Waals surface area contributed by atoms with Crippen LogP contribution in [0.5, 0.6) is 5.75 Å². The molecule has 1 heterocycles. The van der Waals surface area contributed by atoms with Gasteiger partial charge in [0.05, 0.1) is 18.0 Å². The molecule has 1 saturated heterocycles. The molecule has 0 aliphatic carbocycles. The highest BCUT2D eigenvalue weighted by Crippen LogP contribution is 2.27. The quantitative estimate of drug-likeness (QED) is 0.749. The highest BCUT2D eigenvalue weighted by molar-refractivity contribution is 7.89. The minimum Gasteiger partial charge on any atom is -0.497 e. The molecule has 2 unspecified atom stereocenters. The van der Waals surface area contributed by atoms with Crippen LogP contribution in [0.25, 0.3) is 0 Å². The molecular weight excluding hydrogens is 388 g/mol. The summed E-state index contributed by atoms with van der Waals surface area (Å²) >= 11 is 0. The summed E-state index contributed by atoms with van der Waals surface area (Å²) in [7, 11) is -2.11. The number of sulfonamides is 1. The zero-order valence-corrected chi connectivity index (χ0v) is 17.7. The van der Waals surface area contributed by atoms with Crippen molar-refractivity contribution in [1.82, 2.24) is 9.62 Å². The van der Waals surface area contributed by atoms with Crippen molar-refractivity contribution in [3.8, 4) is 5.75 Å². The van der Waals surface area contributed by atoms with Crippen LogP contribution in [0.3, 0.4) is 0 Å². The summed E-state index contributed by atoms with van der Waals surface area (Å²) in [5.74, 6) is 0.509. The van der Waals surface area contributed by atoms with Gasteiger partial charge in [-0.05, 0) is 49.1 Å². The zero-order chi connectivity index (χ0) is 20.9. The van der Waals surface area contributed by atoms with Gasteiger partial charge in [0.15, 0.2) is 0 Å². The third kappa shape index (κ3) is 4.79. The predicted molar refractivity (Wildman–Crippen MR) is 112 cm³/mol. The average molecular weight is 417 g/mol. The molecule has 6 nitrogen and oxygen atoms in total. The Kier molecular flexibility index (Phi) is 6.92. The summed E-state index contributed by atoms with van der Waals surface area (Å²) in [5.41, 5.74) is 0.968. The number of ether oxygens (including phenoxy) is 1. The van der Waals surface area contributed by atoms with Crippen molar-refractivity contribution in [3.05, 3.63) is 60.2 Å². The second-order valence-electron chi connectivity index (χ2n) is 7.18. The summed E-state index contributed by atoms with van der Waals surface area (Å²) < 4.78 is 32.8. The summed E-state index contributed by atoms with van der Waals surface area (Å²) in [5, 5.41) is 3.06. The first-order valence-electron chi connectivity index (χ1n) is 9.98. The third-order valence-electron chi connectivity index (χ3n) is 5.35. The Morgan fingerprint density at radius 1 is 1.14 bits per heavy atom. The molecule has 7 heteroatoms. The number of amides is 1. The Morgan fingerprint density at radius 2 is 1.83 bits per heavy atom. The highest BCUT2D eigenvalue weighted by atomic mass is 32.2. The fraction of sp³-hybridized carbons (Fsp3) is 0.409. The van der Waals surface area contributed by atoms with Crippen molar-refractivity contribution < 1.29 is 17.9 Å². The van der Waals surface area contributed by atoms with E-state index in [-0.39, 0.29) is 16.8 Å². The van der Waals surface area contributed by atoms with Gasteiger partial charge in [0.25, 0.3) is 0 Å². The third-order valence-corrected chi connectivity index (χ3v) is 7.27. The van der Waals surface area contributed by atoms with E-state index in [2.05, 4.69) is 5.32 Å². The lowest BCUT2D eigenvalue weighted by Gasteiger charge is -2.34. The Hall–Kier alpha value is -2.38. The van der Waals surface area contributed by atoms with Crippen LogP contribution in [0, 0.1) is 0 Å². The van der Waals surface area contributed by atoms with Crippen molar-refractivity contribution in [2.75, 3.05) is 13.7 Å². The van der Waals surface area contributed by atoms with Crippen LogP contribution in [0.1, 0.15) is 44.2 Å². The van der Waals surface area contributed by atoms with E-state index in [1.165, 1.54) is 4.31 Å². The van der Waals surface area contributed by atoms with Gasteiger partial charge in [0.1, 0.15) is 11.8 Å². The number of rotatable bonds is 7.